The molecule has 1 heterocycles. The van der Waals surface area contributed by atoms with E-state index in [0.717, 1.165) is 10.2 Å². The second kappa shape index (κ2) is 9.21. The Labute approximate surface area is 183 Å². The van der Waals surface area contributed by atoms with E-state index in [0.29, 0.717) is 31.1 Å². The summed E-state index contributed by atoms with van der Waals surface area (Å²) in [5.74, 6) is 0.569. The summed E-state index contributed by atoms with van der Waals surface area (Å²) in [5.41, 5.74) is 1.40. The SMILES string of the molecule is CCN(CC)S(=O)(=O)c1cc(NCc2nnnn2-c2ccccc2Br)ccc1Cl. The van der Waals surface area contributed by atoms with Gasteiger partial charge in [-0.2, -0.15) is 8.99 Å². The van der Waals surface area contributed by atoms with Crippen molar-refractivity contribution in [1.82, 2.24) is 24.5 Å². The molecule has 154 valence electrons. The predicted octanol–water partition coefficient (Wildman–Crippen LogP) is 3.72. The van der Waals surface area contributed by atoms with Crippen molar-refractivity contribution in [3.63, 3.8) is 0 Å². The minimum absolute atomic E-state index is 0.0678. The minimum Gasteiger partial charge on any atom is -0.378 e. The van der Waals surface area contributed by atoms with Gasteiger partial charge in [0.15, 0.2) is 5.82 Å². The van der Waals surface area contributed by atoms with Crippen molar-refractivity contribution < 1.29 is 8.42 Å². The van der Waals surface area contributed by atoms with E-state index in [1.165, 1.54) is 10.4 Å². The molecular formula is C18H20BrClN6O2S. The highest BCUT2D eigenvalue weighted by Crippen LogP contribution is 2.28. The Balaban J connectivity index is 1.85. The van der Waals surface area contributed by atoms with Crippen LogP contribution in [-0.4, -0.2) is 46.0 Å². The molecule has 1 aromatic heterocycles. The number of sulfonamides is 1. The molecule has 0 atom stereocenters. The zero-order valence-electron chi connectivity index (χ0n) is 15.9. The highest BCUT2D eigenvalue weighted by Gasteiger charge is 2.24. The number of nitrogens with one attached hydrogen (secondary N) is 1. The first-order valence-corrected chi connectivity index (χ1v) is 11.5. The number of para-hydroxylation sites is 1. The summed E-state index contributed by atoms with van der Waals surface area (Å²) in [5, 5.41) is 15.2. The van der Waals surface area contributed by atoms with Crippen LogP contribution >= 0.6 is 27.5 Å². The first kappa shape index (κ1) is 21.7. The van der Waals surface area contributed by atoms with Crippen molar-refractivity contribution in [2.45, 2.75) is 25.3 Å². The van der Waals surface area contributed by atoms with Gasteiger partial charge in [-0.25, -0.2) is 8.42 Å². The van der Waals surface area contributed by atoms with Gasteiger partial charge >= 0.3 is 0 Å². The van der Waals surface area contributed by atoms with E-state index in [4.69, 9.17) is 11.6 Å². The number of hydrogen-bond acceptors (Lipinski definition) is 6. The van der Waals surface area contributed by atoms with Crippen molar-refractivity contribution in [1.29, 1.82) is 0 Å². The van der Waals surface area contributed by atoms with Gasteiger partial charge in [0.05, 0.1) is 17.3 Å². The number of rotatable bonds is 8. The second-order valence-electron chi connectivity index (χ2n) is 6.05. The standard InChI is InChI=1S/C18H20BrClN6O2S/c1-3-25(4-2)29(27,28)17-11-13(9-10-15(17)20)21-12-18-22-23-24-26(18)16-8-6-5-7-14(16)19/h5-11,21H,3-4,12H2,1-2H3. The lowest BCUT2D eigenvalue weighted by Gasteiger charge is -2.20. The number of anilines is 1. The van der Waals surface area contributed by atoms with Gasteiger partial charge in [0.25, 0.3) is 0 Å². The normalized spacial score (nSPS) is 11.8. The molecule has 0 aliphatic heterocycles. The molecule has 0 unspecified atom stereocenters. The highest BCUT2D eigenvalue weighted by atomic mass is 79.9. The van der Waals surface area contributed by atoms with Crippen molar-refractivity contribution in [3.05, 3.63) is 57.8 Å². The molecule has 0 radical (unpaired) electrons. The van der Waals surface area contributed by atoms with E-state index >= 15 is 0 Å². The largest absolute Gasteiger partial charge is 0.378 e. The average molecular weight is 500 g/mol. The zero-order chi connectivity index (χ0) is 21.0. The van der Waals surface area contributed by atoms with Crippen LogP contribution in [0.15, 0.2) is 51.8 Å². The first-order valence-electron chi connectivity index (χ1n) is 8.94. The monoisotopic (exact) mass is 498 g/mol. The zero-order valence-corrected chi connectivity index (χ0v) is 19.0. The van der Waals surface area contributed by atoms with Crippen LogP contribution < -0.4 is 5.32 Å². The summed E-state index contributed by atoms with van der Waals surface area (Å²) in [6.45, 7) is 4.61. The highest BCUT2D eigenvalue weighted by molar-refractivity contribution is 9.10. The number of halogens is 2. The van der Waals surface area contributed by atoms with Gasteiger partial charge in [0, 0.05) is 23.2 Å². The minimum atomic E-state index is -3.67. The first-order chi connectivity index (χ1) is 13.9. The predicted molar refractivity (Wildman–Crippen MR) is 116 cm³/mol. The summed E-state index contributed by atoms with van der Waals surface area (Å²) < 4.78 is 29.5. The average Bonchev–Trinajstić information content (AvgIpc) is 3.16. The summed E-state index contributed by atoms with van der Waals surface area (Å²) >= 11 is 9.68. The molecule has 0 spiro atoms. The Morgan fingerprint density at radius 2 is 1.90 bits per heavy atom. The Hall–Kier alpha value is -2.01. The maximum absolute atomic E-state index is 12.8. The lowest BCUT2D eigenvalue weighted by molar-refractivity contribution is 0.445. The van der Waals surface area contributed by atoms with E-state index < -0.39 is 10.0 Å². The molecule has 0 bridgehead atoms. The fraction of sp³-hybridized carbons (Fsp3) is 0.278. The van der Waals surface area contributed by atoms with E-state index in [9.17, 15) is 8.42 Å². The van der Waals surface area contributed by atoms with Crippen molar-refractivity contribution >= 4 is 43.2 Å². The molecule has 0 amide bonds. The molecule has 8 nitrogen and oxygen atoms in total. The van der Waals surface area contributed by atoms with Gasteiger partial charge < -0.3 is 5.32 Å². The van der Waals surface area contributed by atoms with Crippen LogP contribution in [0.4, 0.5) is 5.69 Å². The Morgan fingerprint density at radius 3 is 2.59 bits per heavy atom. The third-order valence-electron chi connectivity index (χ3n) is 4.32. The number of hydrogen-bond donors (Lipinski definition) is 1. The number of aromatic nitrogens is 4. The topological polar surface area (TPSA) is 93.0 Å². The third-order valence-corrected chi connectivity index (χ3v) is 7.52. The molecule has 29 heavy (non-hydrogen) atoms. The number of benzene rings is 2. The second-order valence-corrected chi connectivity index (χ2v) is 9.21. The van der Waals surface area contributed by atoms with E-state index in [1.54, 1.807) is 30.7 Å². The van der Waals surface area contributed by atoms with Gasteiger partial charge in [-0.1, -0.05) is 37.6 Å². The lowest BCUT2D eigenvalue weighted by atomic mass is 10.3. The smallest absolute Gasteiger partial charge is 0.244 e. The molecule has 0 fully saturated rings. The summed E-state index contributed by atoms with van der Waals surface area (Å²) in [6, 6.07) is 12.4. The fourth-order valence-electron chi connectivity index (χ4n) is 2.82. The summed E-state index contributed by atoms with van der Waals surface area (Å²) in [7, 11) is -3.67. The Kier molecular flexibility index (Phi) is 6.89. The molecule has 3 rings (SSSR count). The van der Waals surface area contributed by atoms with Gasteiger partial charge in [0.1, 0.15) is 4.90 Å². The van der Waals surface area contributed by atoms with Gasteiger partial charge in [-0.3, -0.25) is 0 Å². The van der Waals surface area contributed by atoms with E-state index in [2.05, 4.69) is 36.8 Å². The van der Waals surface area contributed by atoms with Crippen LogP contribution in [0.3, 0.4) is 0 Å². The van der Waals surface area contributed by atoms with Gasteiger partial charge in [-0.05, 0) is 56.7 Å². The van der Waals surface area contributed by atoms with Crippen LogP contribution in [-0.2, 0) is 16.6 Å². The summed E-state index contributed by atoms with van der Waals surface area (Å²) in [6.07, 6.45) is 0. The number of tetrazole rings is 1. The van der Waals surface area contributed by atoms with Gasteiger partial charge in [0.2, 0.25) is 10.0 Å². The molecule has 0 aliphatic rings. The molecule has 3 aromatic rings. The van der Waals surface area contributed by atoms with Crippen molar-refractivity contribution in [2.75, 3.05) is 18.4 Å². The molecule has 0 saturated heterocycles. The lowest BCUT2D eigenvalue weighted by Crippen LogP contribution is -2.30. The van der Waals surface area contributed by atoms with Gasteiger partial charge in [-0.15, -0.1) is 5.10 Å². The third kappa shape index (κ3) is 4.61. The van der Waals surface area contributed by atoms with Crippen LogP contribution in [0.2, 0.25) is 5.02 Å². The Morgan fingerprint density at radius 1 is 1.17 bits per heavy atom. The van der Waals surface area contributed by atoms with E-state index in [1.807, 2.05) is 24.3 Å². The van der Waals surface area contributed by atoms with Crippen molar-refractivity contribution in [2.24, 2.45) is 0 Å². The Bertz CT molecular complexity index is 1100. The quantitative estimate of drug-likeness (QED) is 0.508. The maximum atomic E-state index is 12.8. The van der Waals surface area contributed by atoms with Crippen LogP contribution in [0, 0.1) is 0 Å². The molecule has 0 aliphatic carbocycles. The maximum Gasteiger partial charge on any atom is 0.244 e. The number of nitrogens with zero attached hydrogens (tertiary/aromatic N) is 5. The molecule has 2 aromatic carbocycles. The summed E-state index contributed by atoms with van der Waals surface area (Å²) in [4.78, 5) is 0.0678. The molecule has 1 N–H and O–H groups in total. The van der Waals surface area contributed by atoms with E-state index in [-0.39, 0.29) is 9.92 Å². The fourth-order valence-corrected chi connectivity index (χ4v) is 5.23. The van der Waals surface area contributed by atoms with Crippen LogP contribution in [0.5, 0.6) is 0 Å². The molecule has 0 saturated carbocycles. The molecular weight excluding hydrogens is 480 g/mol. The molecule has 11 heteroatoms. The van der Waals surface area contributed by atoms with Crippen LogP contribution in [0.25, 0.3) is 5.69 Å². The van der Waals surface area contributed by atoms with Crippen molar-refractivity contribution in [3.8, 4) is 5.69 Å². The van der Waals surface area contributed by atoms with Crippen LogP contribution in [0.1, 0.15) is 19.7 Å².